The number of carbonyl (C=O) groups is 3. The monoisotopic (exact) mass is 336 g/mol. The Labute approximate surface area is 144 Å². The molecule has 126 valence electrons. The molecule has 6 heteroatoms. The van der Waals surface area contributed by atoms with Gasteiger partial charge in [0.2, 0.25) is 0 Å². The first-order valence-electron chi connectivity index (χ1n) is 7.69. The van der Waals surface area contributed by atoms with E-state index in [4.69, 9.17) is 4.84 Å². The summed E-state index contributed by atoms with van der Waals surface area (Å²) in [6, 6.07) is 13.8. The molecule has 3 rings (SSSR count). The van der Waals surface area contributed by atoms with Crippen molar-refractivity contribution in [2.45, 2.75) is 6.61 Å². The van der Waals surface area contributed by atoms with Crippen molar-refractivity contribution < 1.29 is 19.2 Å². The number of nitrogens with zero attached hydrogens (tertiary/aromatic N) is 1. The van der Waals surface area contributed by atoms with Gasteiger partial charge >= 0.3 is 0 Å². The fourth-order valence-corrected chi connectivity index (χ4v) is 2.54. The molecule has 0 atom stereocenters. The largest absolute Gasteiger partial charge is 0.274 e. The number of imide groups is 1. The lowest BCUT2D eigenvalue weighted by Gasteiger charge is -2.09. The van der Waals surface area contributed by atoms with Crippen LogP contribution in [0.15, 0.2) is 61.2 Å². The van der Waals surface area contributed by atoms with E-state index in [1.54, 1.807) is 0 Å². The van der Waals surface area contributed by atoms with E-state index in [0.717, 1.165) is 10.5 Å². The molecular formula is C19H16N2O4. The summed E-state index contributed by atoms with van der Waals surface area (Å²) >= 11 is 0. The van der Waals surface area contributed by atoms with E-state index in [2.05, 4.69) is 12.1 Å². The summed E-state index contributed by atoms with van der Waals surface area (Å²) in [6.07, 6.45) is 1.48. The van der Waals surface area contributed by atoms with Crippen LogP contribution in [0.4, 0.5) is 0 Å². The SMILES string of the molecule is C=CCN1C(=O)c2ccc(C(=O)NOCc3ccccc3)cc2C1=O. The van der Waals surface area contributed by atoms with E-state index in [0.29, 0.717) is 0 Å². The minimum Gasteiger partial charge on any atom is -0.270 e. The van der Waals surface area contributed by atoms with Crippen LogP contribution in [0.1, 0.15) is 36.6 Å². The maximum Gasteiger partial charge on any atom is 0.274 e. The van der Waals surface area contributed by atoms with Gasteiger partial charge in [-0.3, -0.25) is 24.1 Å². The number of amides is 3. The third-order valence-electron chi connectivity index (χ3n) is 3.79. The number of hydroxylamine groups is 1. The summed E-state index contributed by atoms with van der Waals surface area (Å²) in [7, 11) is 0. The number of fused-ring (bicyclic) bond motifs is 1. The second kappa shape index (κ2) is 7.11. The van der Waals surface area contributed by atoms with Crippen LogP contribution in [0.2, 0.25) is 0 Å². The van der Waals surface area contributed by atoms with Crippen LogP contribution in [0, 0.1) is 0 Å². The third kappa shape index (κ3) is 3.34. The first-order chi connectivity index (χ1) is 12.1. The highest BCUT2D eigenvalue weighted by atomic mass is 16.6. The minimum absolute atomic E-state index is 0.133. The highest BCUT2D eigenvalue weighted by Crippen LogP contribution is 2.24. The Hall–Kier alpha value is -3.25. The summed E-state index contributed by atoms with van der Waals surface area (Å²) in [5.74, 6) is -1.30. The molecule has 2 aromatic rings. The molecule has 0 aliphatic carbocycles. The quantitative estimate of drug-likeness (QED) is 0.499. The number of rotatable bonds is 6. The van der Waals surface area contributed by atoms with Crippen LogP contribution in [0.25, 0.3) is 0 Å². The molecule has 1 N–H and O–H groups in total. The van der Waals surface area contributed by atoms with Crippen LogP contribution in [-0.2, 0) is 11.4 Å². The van der Waals surface area contributed by atoms with Crippen LogP contribution in [-0.4, -0.2) is 29.2 Å². The van der Waals surface area contributed by atoms with Crippen molar-refractivity contribution in [3.05, 3.63) is 83.4 Å². The number of nitrogens with one attached hydrogen (secondary N) is 1. The molecule has 0 saturated heterocycles. The van der Waals surface area contributed by atoms with E-state index in [9.17, 15) is 14.4 Å². The highest BCUT2D eigenvalue weighted by Gasteiger charge is 2.35. The van der Waals surface area contributed by atoms with E-state index in [1.165, 1.54) is 24.3 Å². The number of hydrogen-bond donors (Lipinski definition) is 1. The smallest absolute Gasteiger partial charge is 0.270 e. The predicted octanol–water partition coefficient (Wildman–Crippen LogP) is 2.33. The molecule has 6 nitrogen and oxygen atoms in total. The molecule has 0 radical (unpaired) electrons. The zero-order valence-corrected chi connectivity index (χ0v) is 13.4. The van der Waals surface area contributed by atoms with Gasteiger partial charge in [0.25, 0.3) is 17.7 Å². The van der Waals surface area contributed by atoms with Gasteiger partial charge in [0.05, 0.1) is 17.7 Å². The molecule has 0 bridgehead atoms. The van der Waals surface area contributed by atoms with Crippen molar-refractivity contribution in [3.8, 4) is 0 Å². The first-order valence-corrected chi connectivity index (χ1v) is 7.69. The maximum atomic E-state index is 12.3. The van der Waals surface area contributed by atoms with E-state index < -0.39 is 11.8 Å². The Morgan fingerprint density at radius 3 is 2.52 bits per heavy atom. The fourth-order valence-electron chi connectivity index (χ4n) is 2.54. The molecule has 1 aliphatic rings. The summed E-state index contributed by atoms with van der Waals surface area (Å²) in [6.45, 7) is 3.89. The van der Waals surface area contributed by atoms with Gasteiger partial charge in [-0.15, -0.1) is 6.58 Å². The summed E-state index contributed by atoms with van der Waals surface area (Å²) in [4.78, 5) is 42.8. The third-order valence-corrected chi connectivity index (χ3v) is 3.79. The van der Waals surface area contributed by atoms with Gasteiger partial charge in [0.15, 0.2) is 0 Å². The van der Waals surface area contributed by atoms with Crippen LogP contribution >= 0.6 is 0 Å². The molecule has 0 saturated carbocycles. The van der Waals surface area contributed by atoms with E-state index in [1.807, 2.05) is 30.3 Å². The van der Waals surface area contributed by atoms with Crippen molar-refractivity contribution in [2.75, 3.05) is 6.54 Å². The Morgan fingerprint density at radius 2 is 1.80 bits per heavy atom. The second-order valence-corrected chi connectivity index (χ2v) is 5.48. The number of carbonyl (C=O) groups excluding carboxylic acids is 3. The van der Waals surface area contributed by atoms with E-state index in [-0.39, 0.29) is 35.7 Å². The lowest BCUT2D eigenvalue weighted by Crippen LogP contribution is -2.29. The Kier molecular flexibility index (Phi) is 4.72. The zero-order chi connectivity index (χ0) is 17.8. The molecule has 1 aliphatic heterocycles. The molecule has 0 unspecified atom stereocenters. The molecule has 1 heterocycles. The lowest BCUT2D eigenvalue weighted by atomic mass is 10.1. The topological polar surface area (TPSA) is 75.7 Å². The van der Waals surface area contributed by atoms with Crippen molar-refractivity contribution >= 4 is 17.7 Å². The molecule has 25 heavy (non-hydrogen) atoms. The fraction of sp³-hybridized carbons (Fsp3) is 0.105. The number of benzene rings is 2. The van der Waals surface area contributed by atoms with Crippen molar-refractivity contribution in [2.24, 2.45) is 0 Å². The molecule has 0 spiro atoms. The van der Waals surface area contributed by atoms with Crippen molar-refractivity contribution in [3.63, 3.8) is 0 Å². The second-order valence-electron chi connectivity index (χ2n) is 5.48. The average molecular weight is 336 g/mol. The number of hydrogen-bond acceptors (Lipinski definition) is 4. The predicted molar refractivity (Wildman–Crippen MR) is 90.7 cm³/mol. The Bertz CT molecular complexity index is 846. The minimum atomic E-state index is -0.485. The van der Waals surface area contributed by atoms with Gasteiger partial charge in [-0.25, -0.2) is 5.48 Å². The summed E-state index contributed by atoms with van der Waals surface area (Å²) in [5.41, 5.74) is 3.99. The zero-order valence-electron chi connectivity index (χ0n) is 13.4. The molecule has 0 aromatic heterocycles. The highest BCUT2D eigenvalue weighted by molar-refractivity contribution is 6.22. The maximum absolute atomic E-state index is 12.3. The van der Waals surface area contributed by atoms with Gasteiger partial charge in [0.1, 0.15) is 0 Å². The van der Waals surface area contributed by atoms with Crippen LogP contribution < -0.4 is 5.48 Å². The lowest BCUT2D eigenvalue weighted by molar-refractivity contribution is 0.0233. The first kappa shape index (κ1) is 16.6. The van der Waals surface area contributed by atoms with Gasteiger partial charge in [0, 0.05) is 12.1 Å². The van der Waals surface area contributed by atoms with Gasteiger partial charge in [-0.05, 0) is 23.8 Å². The molecule has 2 aromatic carbocycles. The van der Waals surface area contributed by atoms with Crippen LogP contribution in [0.3, 0.4) is 0 Å². The van der Waals surface area contributed by atoms with Gasteiger partial charge < -0.3 is 0 Å². The summed E-state index contributed by atoms with van der Waals surface area (Å²) in [5, 5.41) is 0. The van der Waals surface area contributed by atoms with Gasteiger partial charge in [-0.1, -0.05) is 36.4 Å². The standard InChI is InChI=1S/C19H16N2O4/c1-2-10-21-18(23)15-9-8-14(11-16(15)19(21)24)17(22)20-25-12-13-6-4-3-5-7-13/h2-9,11H,1,10,12H2,(H,20,22). The Morgan fingerprint density at radius 1 is 1.08 bits per heavy atom. The Balaban J connectivity index is 1.68. The van der Waals surface area contributed by atoms with Crippen molar-refractivity contribution in [1.82, 2.24) is 10.4 Å². The molecule has 3 amide bonds. The molecule has 0 fully saturated rings. The average Bonchev–Trinajstić information content (AvgIpc) is 2.87. The van der Waals surface area contributed by atoms with Gasteiger partial charge in [-0.2, -0.15) is 0 Å². The molecular weight excluding hydrogens is 320 g/mol. The van der Waals surface area contributed by atoms with E-state index >= 15 is 0 Å². The van der Waals surface area contributed by atoms with Crippen LogP contribution in [0.5, 0.6) is 0 Å². The van der Waals surface area contributed by atoms with Crippen molar-refractivity contribution in [1.29, 1.82) is 0 Å². The summed E-state index contributed by atoms with van der Waals surface area (Å²) < 4.78 is 0. The normalized spacial score (nSPS) is 12.9.